The molecule has 0 amide bonds. The Labute approximate surface area is 130 Å². The Kier molecular flexibility index (Phi) is 3.42. The minimum Gasteiger partial charge on any atom is -0.504 e. The number of halogens is 1. The largest absolute Gasteiger partial charge is 0.504 e. The van der Waals surface area contributed by atoms with Crippen molar-refractivity contribution >= 4 is 22.6 Å². The van der Waals surface area contributed by atoms with E-state index in [9.17, 15) is 15.0 Å². The zero-order chi connectivity index (χ0) is 15.9. The normalized spacial score (nSPS) is 10.8. The molecule has 0 spiro atoms. The van der Waals surface area contributed by atoms with Crippen LogP contribution in [0.2, 0.25) is 5.02 Å². The third-order valence-electron chi connectivity index (χ3n) is 3.36. The highest BCUT2D eigenvalue weighted by Gasteiger charge is 2.17. The summed E-state index contributed by atoms with van der Waals surface area (Å²) in [7, 11) is 1.55. The highest BCUT2D eigenvalue weighted by Crippen LogP contribution is 2.39. The summed E-state index contributed by atoms with van der Waals surface area (Å²) >= 11 is 5.88. The van der Waals surface area contributed by atoms with Crippen LogP contribution in [-0.4, -0.2) is 17.3 Å². The molecule has 2 aromatic carbocycles. The Balaban J connectivity index is 2.26. The van der Waals surface area contributed by atoms with Crippen LogP contribution in [0.5, 0.6) is 17.2 Å². The molecule has 112 valence electrons. The van der Waals surface area contributed by atoms with Gasteiger partial charge in [-0.15, -0.1) is 0 Å². The van der Waals surface area contributed by atoms with Gasteiger partial charge in [0, 0.05) is 0 Å². The van der Waals surface area contributed by atoms with Crippen LogP contribution in [0.4, 0.5) is 0 Å². The first kappa shape index (κ1) is 14.3. The summed E-state index contributed by atoms with van der Waals surface area (Å²) in [4.78, 5) is 12.6. The summed E-state index contributed by atoms with van der Waals surface area (Å²) in [6.45, 7) is 0. The zero-order valence-electron chi connectivity index (χ0n) is 11.5. The number of hydrogen-bond donors (Lipinski definition) is 2. The van der Waals surface area contributed by atoms with Crippen LogP contribution in [0.25, 0.3) is 22.1 Å². The Morgan fingerprint density at radius 1 is 1.18 bits per heavy atom. The molecule has 5 nitrogen and oxygen atoms in total. The third kappa shape index (κ3) is 2.16. The van der Waals surface area contributed by atoms with Crippen molar-refractivity contribution in [3.8, 4) is 28.4 Å². The molecule has 1 heterocycles. The molecule has 0 saturated carbocycles. The summed E-state index contributed by atoms with van der Waals surface area (Å²) in [6, 6.07) is 8.02. The average Bonchev–Trinajstić information content (AvgIpc) is 2.54. The number of benzene rings is 2. The lowest BCUT2D eigenvalue weighted by atomic mass is 10.1. The predicted octanol–water partition coefficient (Wildman–Crippen LogP) is 3.53. The number of methoxy groups -OCH3 is 1. The van der Waals surface area contributed by atoms with Crippen molar-refractivity contribution in [2.75, 3.05) is 7.11 Å². The fourth-order valence-corrected chi connectivity index (χ4v) is 2.42. The Morgan fingerprint density at radius 2 is 1.86 bits per heavy atom. The van der Waals surface area contributed by atoms with Gasteiger partial charge >= 0.3 is 0 Å². The second-order valence-corrected chi connectivity index (χ2v) is 5.02. The first-order chi connectivity index (χ1) is 10.5. The molecule has 0 atom stereocenters. The van der Waals surface area contributed by atoms with Gasteiger partial charge < -0.3 is 19.4 Å². The van der Waals surface area contributed by atoms with E-state index in [2.05, 4.69) is 0 Å². The summed E-state index contributed by atoms with van der Waals surface area (Å²) in [5, 5.41) is 19.1. The van der Waals surface area contributed by atoms with Gasteiger partial charge in [-0.25, -0.2) is 0 Å². The van der Waals surface area contributed by atoms with E-state index in [1.165, 1.54) is 6.26 Å². The molecule has 0 bridgehead atoms. The van der Waals surface area contributed by atoms with E-state index in [0.29, 0.717) is 16.9 Å². The Morgan fingerprint density at radius 3 is 2.50 bits per heavy atom. The van der Waals surface area contributed by atoms with Gasteiger partial charge in [-0.3, -0.25) is 4.79 Å². The molecule has 22 heavy (non-hydrogen) atoms. The third-order valence-corrected chi connectivity index (χ3v) is 3.71. The molecule has 0 radical (unpaired) electrons. The monoisotopic (exact) mass is 318 g/mol. The van der Waals surface area contributed by atoms with Crippen LogP contribution in [0.15, 0.2) is 45.8 Å². The Hall–Kier alpha value is -2.66. The number of ether oxygens (including phenoxy) is 1. The van der Waals surface area contributed by atoms with E-state index in [1.807, 2.05) is 0 Å². The lowest BCUT2D eigenvalue weighted by Gasteiger charge is -2.07. The fraction of sp³-hybridized carbons (Fsp3) is 0.0625. The molecule has 0 unspecified atom stereocenters. The molecule has 2 N–H and O–H groups in total. The number of phenols is 2. The van der Waals surface area contributed by atoms with Gasteiger partial charge in [-0.2, -0.15) is 0 Å². The van der Waals surface area contributed by atoms with Gasteiger partial charge in [0.2, 0.25) is 5.43 Å². The maximum absolute atomic E-state index is 12.6. The molecule has 0 aliphatic carbocycles. The molecule has 1 aromatic heterocycles. The van der Waals surface area contributed by atoms with Crippen molar-refractivity contribution in [1.82, 2.24) is 0 Å². The second kappa shape index (κ2) is 5.27. The van der Waals surface area contributed by atoms with E-state index < -0.39 is 11.5 Å². The number of aromatic hydroxyl groups is 2. The van der Waals surface area contributed by atoms with Crippen LogP contribution in [0.3, 0.4) is 0 Å². The quantitative estimate of drug-likeness (QED) is 0.706. The fourth-order valence-electron chi connectivity index (χ4n) is 2.18. The highest BCUT2D eigenvalue weighted by atomic mass is 35.5. The maximum atomic E-state index is 12.6. The molecule has 0 aliphatic rings. The van der Waals surface area contributed by atoms with Gasteiger partial charge in [-0.05, 0) is 23.8 Å². The number of rotatable bonds is 2. The molecular formula is C16H11ClO5. The van der Waals surface area contributed by atoms with Crippen molar-refractivity contribution < 1.29 is 19.4 Å². The van der Waals surface area contributed by atoms with Crippen molar-refractivity contribution in [2.45, 2.75) is 0 Å². The minimum absolute atomic E-state index is 0.0271. The molecular weight excluding hydrogens is 308 g/mol. The van der Waals surface area contributed by atoms with Gasteiger partial charge in [0.05, 0.1) is 18.1 Å². The summed E-state index contributed by atoms with van der Waals surface area (Å²) in [5.41, 5.74) is 0.624. The average molecular weight is 319 g/mol. The molecule has 6 heteroatoms. The first-order valence-corrected chi connectivity index (χ1v) is 6.71. The standard InChI is InChI=1S/C16H11ClO5/c1-21-9-4-2-8(3-5-9)11-7-22-16-10(14(11)19)6-12(18)15(20)13(16)17/h2-7,18,20H,1H3. The van der Waals surface area contributed by atoms with E-state index in [1.54, 1.807) is 31.4 Å². The van der Waals surface area contributed by atoms with Gasteiger partial charge in [-0.1, -0.05) is 23.7 Å². The van der Waals surface area contributed by atoms with Crippen LogP contribution in [0.1, 0.15) is 0 Å². The van der Waals surface area contributed by atoms with Crippen molar-refractivity contribution in [1.29, 1.82) is 0 Å². The Bertz CT molecular complexity index is 912. The van der Waals surface area contributed by atoms with Gasteiger partial charge in [0.1, 0.15) is 17.0 Å². The minimum atomic E-state index is -0.519. The van der Waals surface area contributed by atoms with Crippen molar-refractivity contribution in [3.63, 3.8) is 0 Å². The zero-order valence-corrected chi connectivity index (χ0v) is 12.2. The number of fused-ring (bicyclic) bond motifs is 1. The van der Waals surface area contributed by atoms with Crippen LogP contribution in [0, 0.1) is 0 Å². The maximum Gasteiger partial charge on any atom is 0.200 e. The van der Waals surface area contributed by atoms with Crippen molar-refractivity contribution in [2.24, 2.45) is 0 Å². The van der Waals surface area contributed by atoms with Gasteiger partial charge in [0.25, 0.3) is 0 Å². The summed E-state index contributed by atoms with van der Waals surface area (Å²) < 4.78 is 10.4. The second-order valence-electron chi connectivity index (χ2n) is 4.64. The molecule has 3 aromatic rings. The topological polar surface area (TPSA) is 79.9 Å². The molecule has 3 rings (SSSR count). The van der Waals surface area contributed by atoms with E-state index in [4.69, 9.17) is 20.8 Å². The lowest BCUT2D eigenvalue weighted by molar-refractivity contribution is 0.404. The number of phenolic OH excluding ortho intramolecular Hbond substituents is 2. The van der Waals surface area contributed by atoms with Gasteiger partial charge in [0.15, 0.2) is 17.1 Å². The van der Waals surface area contributed by atoms with Crippen LogP contribution >= 0.6 is 11.6 Å². The smallest absolute Gasteiger partial charge is 0.200 e. The predicted molar refractivity (Wildman–Crippen MR) is 82.8 cm³/mol. The highest BCUT2D eigenvalue weighted by molar-refractivity contribution is 6.36. The van der Waals surface area contributed by atoms with E-state index in [-0.39, 0.29) is 21.4 Å². The molecule has 0 saturated heterocycles. The number of hydrogen-bond acceptors (Lipinski definition) is 5. The van der Waals surface area contributed by atoms with E-state index >= 15 is 0 Å². The van der Waals surface area contributed by atoms with Crippen LogP contribution in [-0.2, 0) is 0 Å². The van der Waals surface area contributed by atoms with Crippen molar-refractivity contribution in [3.05, 3.63) is 51.8 Å². The van der Waals surface area contributed by atoms with E-state index in [0.717, 1.165) is 6.07 Å². The lowest BCUT2D eigenvalue weighted by Crippen LogP contribution is -2.05. The molecule has 0 aliphatic heterocycles. The summed E-state index contributed by atoms with van der Waals surface area (Å²) in [6.07, 6.45) is 1.27. The summed E-state index contributed by atoms with van der Waals surface area (Å²) in [5.74, 6) is -0.328. The molecule has 0 fully saturated rings. The SMILES string of the molecule is COc1ccc(-c2coc3c(Cl)c(O)c(O)cc3c2=O)cc1. The first-order valence-electron chi connectivity index (χ1n) is 6.33. The van der Waals surface area contributed by atoms with Crippen LogP contribution < -0.4 is 10.2 Å².